The molecule has 0 spiro atoms. The number of aryl methyl sites for hydroxylation is 1. The highest BCUT2D eigenvalue weighted by Crippen LogP contribution is 2.24. The summed E-state index contributed by atoms with van der Waals surface area (Å²) in [6.45, 7) is 10.7. The van der Waals surface area contributed by atoms with Crippen LogP contribution in [0.25, 0.3) is 0 Å². The Morgan fingerprint density at radius 1 is 1.33 bits per heavy atom. The molecule has 0 saturated carbocycles. The van der Waals surface area contributed by atoms with Gasteiger partial charge in [-0.1, -0.05) is 38.5 Å². The highest BCUT2D eigenvalue weighted by Gasteiger charge is 2.21. The highest BCUT2D eigenvalue weighted by molar-refractivity contribution is 5.27. The molecule has 1 aromatic carbocycles. The van der Waals surface area contributed by atoms with Gasteiger partial charge in [0.15, 0.2) is 0 Å². The van der Waals surface area contributed by atoms with Crippen molar-refractivity contribution in [2.75, 3.05) is 19.6 Å². The van der Waals surface area contributed by atoms with E-state index in [0.717, 1.165) is 24.2 Å². The molecule has 2 nitrogen and oxygen atoms in total. The molecule has 0 saturated heterocycles. The van der Waals surface area contributed by atoms with E-state index in [1.165, 1.54) is 6.07 Å². The molecular formula is C15H25FN2. The van der Waals surface area contributed by atoms with Crippen molar-refractivity contribution < 1.29 is 4.39 Å². The van der Waals surface area contributed by atoms with Gasteiger partial charge in [-0.25, -0.2) is 4.39 Å². The summed E-state index contributed by atoms with van der Waals surface area (Å²) >= 11 is 0. The molecule has 1 atom stereocenters. The van der Waals surface area contributed by atoms with Crippen molar-refractivity contribution in [2.45, 2.75) is 33.7 Å². The summed E-state index contributed by atoms with van der Waals surface area (Å²) in [5, 5.41) is 0. The maximum absolute atomic E-state index is 14.0. The summed E-state index contributed by atoms with van der Waals surface area (Å²) in [5.74, 6) is 0.394. The normalized spacial score (nSPS) is 13.3. The molecule has 0 aliphatic carbocycles. The van der Waals surface area contributed by atoms with Crippen molar-refractivity contribution in [3.63, 3.8) is 0 Å². The maximum atomic E-state index is 14.0. The molecule has 0 aliphatic rings. The fourth-order valence-corrected chi connectivity index (χ4v) is 2.34. The van der Waals surface area contributed by atoms with Gasteiger partial charge >= 0.3 is 0 Å². The fraction of sp³-hybridized carbons (Fsp3) is 0.600. The smallest absolute Gasteiger partial charge is 0.128 e. The number of likely N-dealkylation sites (N-methyl/N-ethyl adjacent to an activating group) is 1. The molecule has 1 unspecified atom stereocenters. The second kappa shape index (κ2) is 6.86. The number of halogens is 1. The van der Waals surface area contributed by atoms with Crippen molar-refractivity contribution in [2.24, 2.45) is 11.7 Å². The zero-order valence-corrected chi connectivity index (χ0v) is 11.9. The SMILES string of the molecule is CCN(CC(C)C)C(CN)c1cc(C)ccc1F. The van der Waals surface area contributed by atoms with E-state index in [9.17, 15) is 4.39 Å². The number of rotatable bonds is 6. The van der Waals surface area contributed by atoms with Gasteiger partial charge in [0.2, 0.25) is 0 Å². The van der Waals surface area contributed by atoms with Crippen LogP contribution < -0.4 is 5.73 Å². The Bertz CT molecular complexity index is 377. The van der Waals surface area contributed by atoms with Crippen LogP contribution in [0.1, 0.15) is 37.9 Å². The molecule has 1 rings (SSSR count). The topological polar surface area (TPSA) is 29.3 Å². The summed E-state index contributed by atoms with van der Waals surface area (Å²) < 4.78 is 14.0. The number of hydrogen-bond acceptors (Lipinski definition) is 2. The Morgan fingerprint density at radius 3 is 2.50 bits per heavy atom. The van der Waals surface area contributed by atoms with Crippen LogP contribution in [0.4, 0.5) is 4.39 Å². The van der Waals surface area contributed by atoms with E-state index < -0.39 is 0 Å². The summed E-state index contributed by atoms with van der Waals surface area (Å²) in [6, 6.07) is 5.22. The molecule has 2 N–H and O–H groups in total. The van der Waals surface area contributed by atoms with Gasteiger partial charge in [0.05, 0.1) is 0 Å². The largest absolute Gasteiger partial charge is 0.329 e. The third kappa shape index (κ3) is 3.79. The Morgan fingerprint density at radius 2 is 2.00 bits per heavy atom. The van der Waals surface area contributed by atoms with E-state index in [1.807, 2.05) is 13.0 Å². The van der Waals surface area contributed by atoms with E-state index in [-0.39, 0.29) is 11.9 Å². The van der Waals surface area contributed by atoms with Crippen molar-refractivity contribution in [3.8, 4) is 0 Å². The lowest BCUT2D eigenvalue weighted by atomic mass is 10.0. The van der Waals surface area contributed by atoms with Crippen LogP contribution in [0.3, 0.4) is 0 Å². The molecule has 18 heavy (non-hydrogen) atoms. The molecule has 0 amide bonds. The Labute approximate surface area is 110 Å². The molecule has 0 heterocycles. The molecule has 0 radical (unpaired) electrons. The van der Waals surface area contributed by atoms with Gasteiger partial charge in [-0.15, -0.1) is 0 Å². The van der Waals surface area contributed by atoms with Gasteiger partial charge in [0, 0.05) is 24.7 Å². The standard InChI is InChI=1S/C15H25FN2/c1-5-18(10-11(2)3)15(9-17)13-8-12(4)6-7-14(13)16/h6-8,11,15H,5,9-10,17H2,1-4H3. The first-order chi connectivity index (χ1) is 8.49. The van der Waals surface area contributed by atoms with Crippen molar-refractivity contribution in [1.82, 2.24) is 4.90 Å². The third-order valence-electron chi connectivity index (χ3n) is 3.18. The van der Waals surface area contributed by atoms with E-state index in [0.29, 0.717) is 12.5 Å². The lowest BCUT2D eigenvalue weighted by Gasteiger charge is -2.32. The van der Waals surface area contributed by atoms with Crippen LogP contribution in [0.15, 0.2) is 18.2 Å². The summed E-state index contributed by atoms with van der Waals surface area (Å²) in [5.41, 5.74) is 7.66. The van der Waals surface area contributed by atoms with Crippen LogP contribution in [0, 0.1) is 18.7 Å². The molecule has 0 aromatic heterocycles. The monoisotopic (exact) mass is 252 g/mol. The first-order valence-corrected chi connectivity index (χ1v) is 6.69. The van der Waals surface area contributed by atoms with Crippen molar-refractivity contribution in [1.29, 1.82) is 0 Å². The van der Waals surface area contributed by atoms with Crippen molar-refractivity contribution in [3.05, 3.63) is 35.1 Å². The van der Waals surface area contributed by atoms with Crippen LogP contribution in [-0.4, -0.2) is 24.5 Å². The zero-order chi connectivity index (χ0) is 13.7. The summed E-state index contributed by atoms with van der Waals surface area (Å²) in [6.07, 6.45) is 0. The van der Waals surface area contributed by atoms with Crippen LogP contribution in [-0.2, 0) is 0 Å². The minimum Gasteiger partial charge on any atom is -0.329 e. The molecule has 102 valence electrons. The van der Waals surface area contributed by atoms with Crippen LogP contribution >= 0.6 is 0 Å². The fourth-order valence-electron chi connectivity index (χ4n) is 2.34. The second-order valence-electron chi connectivity index (χ2n) is 5.26. The first-order valence-electron chi connectivity index (χ1n) is 6.69. The van der Waals surface area contributed by atoms with Gasteiger partial charge < -0.3 is 5.73 Å². The average Bonchev–Trinajstić information content (AvgIpc) is 2.32. The number of hydrogen-bond donors (Lipinski definition) is 1. The highest BCUT2D eigenvalue weighted by atomic mass is 19.1. The first kappa shape index (κ1) is 15.1. The van der Waals surface area contributed by atoms with Crippen LogP contribution in [0.5, 0.6) is 0 Å². The average molecular weight is 252 g/mol. The Hall–Kier alpha value is -0.930. The molecule has 0 bridgehead atoms. The molecule has 1 aromatic rings. The third-order valence-corrected chi connectivity index (χ3v) is 3.18. The molecule has 3 heteroatoms. The number of nitrogens with zero attached hydrogens (tertiary/aromatic N) is 1. The van der Waals surface area contributed by atoms with E-state index >= 15 is 0 Å². The molecule has 0 aliphatic heterocycles. The quantitative estimate of drug-likeness (QED) is 0.843. The number of nitrogens with two attached hydrogens (primary N) is 1. The Balaban J connectivity index is 3.03. The minimum atomic E-state index is -0.154. The molecule has 0 fully saturated rings. The summed E-state index contributed by atoms with van der Waals surface area (Å²) in [7, 11) is 0. The Kier molecular flexibility index (Phi) is 5.76. The predicted molar refractivity (Wildman–Crippen MR) is 75.0 cm³/mol. The minimum absolute atomic E-state index is 0.0303. The van der Waals surface area contributed by atoms with E-state index in [4.69, 9.17) is 5.73 Å². The predicted octanol–water partition coefficient (Wildman–Crippen LogP) is 3.11. The zero-order valence-electron chi connectivity index (χ0n) is 11.9. The van der Waals surface area contributed by atoms with Gasteiger partial charge in [-0.2, -0.15) is 0 Å². The van der Waals surface area contributed by atoms with Gasteiger partial charge in [-0.05, 0) is 25.5 Å². The van der Waals surface area contributed by atoms with Gasteiger partial charge in [0.1, 0.15) is 5.82 Å². The lowest BCUT2D eigenvalue weighted by Crippen LogP contribution is -2.36. The summed E-state index contributed by atoms with van der Waals surface area (Å²) in [4.78, 5) is 2.25. The molecular weight excluding hydrogens is 227 g/mol. The van der Waals surface area contributed by atoms with Gasteiger partial charge in [-0.3, -0.25) is 4.90 Å². The van der Waals surface area contributed by atoms with E-state index in [1.54, 1.807) is 6.07 Å². The number of benzene rings is 1. The lowest BCUT2D eigenvalue weighted by molar-refractivity contribution is 0.186. The van der Waals surface area contributed by atoms with Gasteiger partial charge in [0.25, 0.3) is 0 Å². The van der Waals surface area contributed by atoms with Crippen LogP contribution in [0.2, 0.25) is 0 Å². The van der Waals surface area contributed by atoms with E-state index in [2.05, 4.69) is 25.7 Å². The maximum Gasteiger partial charge on any atom is 0.128 e. The van der Waals surface area contributed by atoms with Crippen molar-refractivity contribution >= 4 is 0 Å². The second-order valence-corrected chi connectivity index (χ2v) is 5.26.